The Morgan fingerprint density at radius 1 is 1.12 bits per heavy atom. The highest BCUT2D eigenvalue weighted by Crippen LogP contribution is 2.20. The highest BCUT2D eigenvalue weighted by molar-refractivity contribution is 5.36. The van der Waals surface area contributed by atoms with Crippen LogP contribution in [0.15, 0.2) is 36.0 Å². The zero-order valence-corrected chi connectivity index (χ0v) is 12.0. The molecule has 0 amide bonds. The molecule has 1 saturated heterocycles. The van der Waals surface area contributed by atoms with Gasteiger partial charge in [-0.25, -0.2) is 0 Å². The molecular weight excluding hydrogens is 194 g/mol. The summed E-state index contributed by atoms with van der Waals surface area (Å²) in [5, 5.41) is 0. The molecule has 1 heterocycles. The van der Waals surface area contributed by atoms with Gasteiger partial charge in [-0.1, -0.05) is 52.5 Å². The summed E-state index contributed by atoms with van der Waals surface area (Å²) < 4.78 is 0. The van der Waals surface area contributed by atoms with Gasteiger partial charge in [0.25, 0.3) is 0 Å². The maximum atomic E-state index is 3.73. The van der Waals surface area contributed by atoms with Crippen molar-refractivity contribution in [1.29, 1.82) is 0 Å². The molecule has 0 saturated carbocycles. The molecule has 0 aromatic rings. The van der Waals surface area contributed by atoms with E-state index in [4.69, 9.17) is 0 Å². The van der Waals surface area contributed by atoms with Crippen molar-refractivity contribution in [3.8, 4) is 0 Å². The number of likely N-dealkylation sites (N-methyl/N-ethyl adjacent to an activating group) is 1. The van der Waals surface area contributed by atoms with Gasteiger partial charge in [0.15, 0.2) is 0 Å². The monoisotopic (exact) mass is 223 g/mol. The summed E-state index contributed by atoms with van der Waals surface area (Å²) in [4.78, 5) is 2.34. The summed E-state index contributed by atoms with van der Waals surface area (Å²) in [6.07, 6.45) is 7.36. The summed E-state index contributed by atoms with van der Waals surface area (Å²) in [5.74, 6) is 0. The molecule has 0 aromatic carbocycles. The molecule has 0 N–H and O–H groups in total. The van der Waals surface area contributed by atoms with E-state index in [-0.39, 0.29) is 0 Å². The first kappa shape index (κ1) is 17.6. The van der Waals surface area contributed by atoms with Crippen LogP contribution in [0.1, 0.15) is 41.0 Å². The minimum Gasteiger partial charge on any atom is -0.302 e. The normalized spacial score (nSPS) is 20.6. The first-order valence-electron chi connectivity index (χ1n) is 6.43. The molecule has 0 atom stereocenters. The molecule has 1 heteroatoms. The molecule has 1 fully saturated rings. The Morgan fingerprint density at radius 3 is 2.12 bits per heavy atom. The van der Waals surface area contributed by atoms with Crippen LogP contribution in [-0.2, 0) is 0 Å². The van der Waals surface area contributed by atoms with Crippen molar-refractivity contribution in [2.45, 2.75) is 41.0 Å². The van der Waals surface area contributed by atoms with Crippen LogP contribution in [0.2, 0.25) is 0 Å². The van der Waals surface area contributed by atoms with Crippen molar-refractivity contribution >= 4 is 0 Å². The first-order valence-corrected chi connectivity index (χ1v) is 6.43. The van der Waals surface area contributed by atoms with Crippen LogP contribution in [0.3, 0.4) is 0 Å². The fourth-order valence-electron chi connectivity index (χ4n) is 1.55. The lowest BCUT2D eigenvalue weighted by Gasteiger charge is -2.26. The lowest BCUT2D eigenvalue weighted by Crippen LogP contribution is -2.28. The average Bonchev–Trinajstić information content (AvgIpc) is 2.36. The topological polar surface area (TPSA) is 3.24 Å². The summed E-state index contributed by atoms with van der Waals surface area (Å²) in [7, 11) is 2.16. The van der Waals surface area contributed by atoms with Crippen LogP contribution in [0.4, 0.5) is 0 Å². The zero-order valence-electron chi connectivity index (χ0n) is 12.0. The number of likely N-dealkylation sites (tertiary alicyclic amines) is 1. The van der Waals surface area contributed by atoms with Gasteiger partial charge >= 0.3 is 0 Å². The molecule has 0 spiro atoms. The molecule has 0 bridgehead atoms. The number of nitrogens with zero attached hydrogens (tertiary/aromatic N) is 1. The number of hydrogen-bond acceptors (Lipinski definition) is 1. The van der Waals surface area contributed by atoms with Gasteiger partial charge in [0.1, 0.15) is 0 Å². The molecule has 1 aliphatic rings. The highest BCUT2D eigenvalue weighted by Gasteiger charge is 2.13. The van der Waals surface area contributed by atoms with Gasteiger partial charge in [-0.2, -0.15) is 0 Å². The second-order valence-corrected chi connectivity index (χ2v) is 3.23. The third-order valence-electron chi connectivity index (χ3n) is 2.28. The molecular formula is C15H29N. The van der Waals surface area contributed by atoms with Gasteiger partial charge in [0.2, 0.25) is 0 Å². The Hall–Kier alpha value is -0.820. The van der Waals surface area contributed by atoms with Crippen LogP contribution in [0, 0.1) is 0 Å². The Labute approximate surface area is 103 Å². The Kier molecular flexibility index (Phi) is 13.5. The molecule has 16 heavy (non-hydrogen) atoms. The van der Waals surface area contributed by atoms with Gasteiger partial charge in [0.05, 0.1) is 0 Å². The predicted octanol–water partition coefficient (Wildman–Crippen LogP) is 4.43. The van der Waals surface area contributed by atoms with Gasteiger partial charge in [-0.05, 0) is 31.5 Å². The van der Waals surface area contributed by atoms with Crippen molar-refractivity contribution in [2.75, 3.05) is 20.1 Å². The fraction of sp³-hybridized carbons (Fsp3) is 0.600. The summed E-state index contributed by atoms with van der Waals surface area (Å²) >= 11 is 0. The second-order valence-electron chi connectivity index (χ2n) is 3.23. The third-order valence-corrected chi connectivity index (χ3v) is 2.28. The summed E-state index contributed by atoms with van der Waals surface area (Å²) in [6, 6.07) is 0. The number of rotatable bonds is 1. The van der Waals surface area contributed by atoms with Crippen LogP contribution in [-0.4, -0.2) is 25.0 Å². The SMILES string of the molecule is C=C/C=C1/CCN(C)C/C1=C/C.CC.CC. The highest BCUT2D eigenvalue weighted by atomic mass is 15.1. The van der Waals surface area contributed by atoms with E-state index in [2.05, 4.69) is 37.6 Å². The molecule has 0 aromatic heterocycles. The smallest absolute Gasteiger partial charge is 0.0230 e. The van der Waals surface area contributed by atoms with E-state index in [9.17, 15) is 0 Å². The van der Waals surface area contributed by atoms with E-state index >= 15 is 0 Å². The van der Waals surface area contributed by atoms with Gasteiger partial charge < -0.3 is 4.90 Å². The van der Waals surface area contributed by atoms with Crippen molar-refractivity contribution < 1.29 is 0 Å². The van der Waals surface area contributed by atoms with Gasteiger partial charge in [-0.15, -0.1) is 0 Å². The maximum absolute atomic E-state index is 3.73. The van der Waals surface area contributed by atoms with Crippen molar-refractivity contribution in [1.82, 2.24) is 4.90 Å². The van der Waals surface area contributed by atoms with Crippen molar-refractivity contribution in [3.05, 3.63) is 36.0 Å². The number of piperidine rings is 1. The van der Waals surface area contributed by atoms with Crippen LogP contribution in [0.5, 0.6) is 0 Å². The Morgan fingerprint density at radius 2 is 1.69 bits per heavy atom. The summed E-state index contributed by atoms with van der Waals surface area (Å²) in [5.41, 5.74) is 2.90. The quantitative estimate of drug-likeness (QED) is 0.635. The fourth-order valence-corrected chi connectivity index (χ4v) is 1.55. The summed E-state index contributed by atoms with van der Waals surface area (Å²) in [6.45, 7) is 16.1. The molecule has 0 radical (unpaired) electrons. The maximum Gasteiger partial charge on any atom is 0.0230 e. The molecule has 1 rings (SSSR count). The first-order chi connectivity index (χ1) is 7.77. The van der Waals surface area contributed by atoms with E-state index in [1.807, 2.05) is 33.8 Å². The standard InChI is InChI=1S/C11H17N.2C2H6/c1-4-6-11-7-8-12(3)9-10(11)5-2;2*1-2/h4-6H,1,7-9H2,2-3H3;2*1-2H3/b10-5-,11-6-;;. The van der Waals surface area contributed by atoms with Crippen LogP contribution < -0.4 is 0 Å². The van der Waals surface area contributed by atoms with Crippen molar-refractivity contribution in [2.24, 2.45) is 0 Å². The van der Waals surface area contributed by atoms with Crippen LogP contribution >= 0.6 is 0 Å². The number of hydrogen-bond donors (Lipinski definition) is 0. The van der Waals surface area contributed by atoms with E-state index < -0.39 is 0 Å². The Balaban J connectivity index is 0. The lowest BCUT2D eigenvalue weighted by molar-refractivity contribution is 0.348. The largest absolute Gasteiger partial charge is 0.302 e. The van der Waals surface area contributed by atoms with Crippen LogP contribution in [0.25, 0.3) is 0 Å². The number of allylic oxidation sites excluding steroid dienone is 3. The molecule has 0 unspecified atom stereocenters. The van der Waals surface area contributed by atoms with Gasteiger partial charge in [0, 0.05) is 13.1 Å². The van der Waals surface area contributed by atoms with E-state index in [0.717, 1.165) is 19.5 Å². The van der Waals surface area contributed by atoms with Gasteiger partial charge in [-0.3, -0.25) is 0 Å². The zero-order chi connectivity index (χ0) is 13.0. The third kappa shape index (κ3) is 6.62. The average molecular weight is 223 g/mol. The predicted molar refractivity (Wildman–Crippen MR) is 76.8 cm³/mol. The van der Waals surface area contributed by atoms with Crippen molar-refractivity contribution in [3.63, 3.8) is 0 Å². The van der Waals surface area contributed by atoms with E-state index in [0.29, 0.717) is 0 Å². The minimum atomic E-state index is 1.08. The van der Waals surface area contributed by atoms with E-state index in [1.54, 1.807) is 0 Å². The lowest BCUT2D eigenvalue weighted by atomic mass is 9.98. The molecule has 0 aliphatic carbocycles. The minimum absolute atomic E-state index is 1.08. The Bertz CT molecular complexity index is 224. The second kappa shape index (κ2) is 12.3. The molecule has 94 valence electrons. The molecule has 1 nitrogen and oxygen atoms in total. The molecule has 1 aliphatic heterocycles. The van der Waals surface area contributed by atoms with E-state index in [1.165, 1.54) is 11.1 Å².